The second kappa shape index (κ2) is 15.1. The number of allylic oxidation sites excluding steroid dienone is 2. The van der Waals surface area contributed by atoms with E-state index in [0.717, 1.165) is 12.8 Å². The minimum Gasteiger partial charge on any atom is -0.481 e. The zero-order valence-corrected chi connectivity index (χ0v) is 15.2. The fraction of sp³-hybridized carbons (Fsp3) is 0.850. The number of unbranched alkanes of at least 4 members (excludes halogenated alkanes) is 8. The molecule has 0 heterocycles. The van der Waals surface area contributed by atoms with Crippen molar-refractivity contribution in [3.63, 3.8) is 0 Å². The molecule has 0 aromatic carbocycles. The first-order valence-corrected chi connectivity index (χ1v) is 9.43. The summed E-state index contributed by atoms with van der Waals surface area (Å²) < 4.78 is 0. The summed E-state index contributed by atoms with van der Waals surface area (Å²) >= 11 is 0. The molecule has 0 radical (unpaired) electrons. The summed E-state index contributed by atoms with van der Waals surface area (Å²) in [4.78, 5) is 10.6. The molecule has 0 spiro atoms. The molecule has 0 rings (SSSR count). The molecule has 130 valence electrons. The fourth-order valence-corrected chi connectivity index (χ4v) is 2.83. The fourth-order valence-electron chi connectivity index (χ4n) is 2.83. The molecule has 2 heteroatoms. The first-order chi connectivity index (χ1) is 10.6. The van der Waals surface area contributed by atoms with Gasteiger partial charge in [0.25, 0.3) is 0 Å². The Morgan fingerprint density at radius 3 is 2.09 bits per heavy atom. The molecule has 0 amide bonds. The maximum Gasteiger partial charge on any atom is 0.303 e. The number of carboxylic acids is 1. The third kappa shape index (κ3) is 15.6. The van der Waals surface area contributed by atoms with Gasteiger partial charge in [-0.25, -0.2) is 0 Å². The van der Waals surface area contributed by atoms with Gasteiger partial charge in [0.2, 0.25) is 0 Å². The zero-order valence-electron chi connectivity index (χ0n) is 15.2. The number of aliphatic carboxylic acids is 1. The summed E-state index contributed by atoms with van der Waals surface area (Å²) in [5.41, 5.74) is 1.48. The number of hydrogen-bond donors (Lipinski definition) is 1. The quantitative estimate of drug-likeness (QED) is 0.268. The summed E-state index contributed by atoms with van der Waals surface area (Å²) in [6, 6.07) is 0. The van der Waals surface area contributed by atoms with Crippen LogP contribution in [0.15, 0.2) is 11.6 Å². The molecular weight excluding hydrogens is 272 g/mol. The molecule has 0 bridgehead atoms. The molecule has 0 aliphatic carbocycles. The monoisotopic (exact) mass is 310 g/mol. The van der Waals surface area contributed by atoms with Crippen LogP contribution >= 0.6 is 0 Å². The normalized spacial score (nSPS) is 13.3. The van der Waals surface area contributed by atoms with Gasteiger partial charge in [0.15, 0.2) is 0 Å². The van der Waals surface area contributed by atoms with Crippen LogP contribution in [0.25, 0.3) is 0 Å². The zero-order chi connectivity index (χ0) is 16.6. The van der Waals surface area contributed by atoms with Crippen LogP contribution in [0.2, 0.25) is 0 Å². The smallest absolute Gasteiger partial charge is 0.303 e. The topological polar surface area (TPSA) is 37.3 Å². The summed E-state index contributed by atoms with van der Waals surface area (Å²) in [6.07, 6.45) is 18.3. The van der Waals surface area contributed by atoms with Gasteiger partial charge in [-0.1, -0.05) is 76.9 Å². The van der Waals surface area contributed by atoms with Gasteiger partial charge < -0.3 is 5.11 Å². The first-order valence-electron chi connectivity index (χ1n) is 9.43. The Balaban J connectivity index is 3.42. The SMILES string of the molecule is CCCCCCCCCCCC(C)=CCCC(C)CC(=O)O. The van der Waals surface area contributed by atoms with Gasteiger partial charge in [-0.05, 0) is 38.5 Å². The van der Waals surface area contributed by atoms with Crippen LogP contribution in [0.5, 0.6) is 0 Å². The van der Waals surface area contributed by atoms with Crippen molar-refractivity contribution in [1.29, 1.82) is 0 Å². The average Bonchev–Trinajstić information content (AvgIpc) is 2.44. The van der Waals surface area contributed by atoms with Gasteiger partial charge >= 0.3 is 5.97 Å². The third-order valence-corrected chi connectivity index (χ3v) is 4.35. The van der Waals surface area contributed by atoms with E-state index in [1.165, 1.54) is 69.8 Å². The lowest BCUT2D eigenvalue weighted by molar-refractivity contribution is -0.138. The highest BCUT2D eigenvalue weighted by Crippen LogP contribution is 2.15. The van der Waals surface area contributed by atoms with Crippen LogP contribution in [-0.4, -0.2) is 11.1 Å². The number of rotatable bonds is 15. The third-order valence-electron chi connectivity index (χ3n) is 4.35. The average molecular weight is 311 g/mol. The van der Waals surface area contributed by atoms with Crippen molar-refractivity contribution in [1.82, 2.24) is 0 Å². The summed E-state index contributed by atoms with van der Waals surface area (Å²) in [5.74, 6) is -0.392. The standard InChI is InChI=1S/C20H38O2/c1-4-5-6-7-8-9-10-11-12-14-18(2)15-13-16-19(3)17-20(21)22/h15,19H,4-14,16-17H2,1-3H3,(H,21,22). The van der Waals surface area contributed by atoms with Crippen molar-refractivity contribution in [2.45, 2.75) is 104 Å². The highest BCUT2D eigenvalue weighted by molar-refractivity contribution is 5.66. The van der Waals surface area contributed by atoms with E-state index in [9.17, 15) is 4.79 Å². The van der Waals surface area contributed by atoms with E-state index < -0.39 is 5.97 Å². The Labute approximate surface area is 138 Å². The lowest BCUT2D eigenvalue weighted by Crippen LogP contribution is -2.03. The van der Waals surface area contributed by atoms with E-state index in [-0.39, 0.29) is 5.92 Å². The van der Waals surface area contributed by atoms with Gasteiger partial charge in [-0.15, -0.1) is 0 Å². The molecule has 1 N–H and O–H groups in total. The Morgan fingerprint density at radius 2 is 1.55 bits per heavy atom. The van der Waals surface area contributed by atoms with Gasteiger partial charge in [0.1, 0.15) is 0 Å². The maximum atomic E-state index is 10.6. The van der Waals surface area contributed by atoms with Crippen molar-refractivity contribution in [2.24, 2.45) is 5.92 Å². The van der Waals surface area contributed by atoms with Gasteiger partial charge in [0, 0.05) is 6.42 Å². The van der Waals surface area contributed by atoms with Crippen molar-refractivity contribution < 1.29 is 9.90 Å². The number of carbonyl (C=O) groups is 1. The molecule has 0 fully saturated rings. The molecule has 0 saturated carbocycles. The summed E-state index contributed by atoms with van der Waals surface area (Å²) in [7, 11) is 0. The van der Waals surface area contributed by atoms with E-state index in [2.05, 4.69) is 19.9 Å². The Hall–Kier alpha value is -0.790. The van der Waals surface area contributed by atoms with Crippen molar-refractivity contribution in [3.8, 4) is 0 Å². The Kier molecular flexibility index (Phi) is 14.6. The second-order valence-corrected chi connectivity index (χ2v) is 6.91. The largest absolute Gasteiger partial charge is 0.481 e. The molecule has 0 saturated heterocycles. The molecule has 1 atom stereocenters. The van der Waals surface area contributed by atoms with E-state index in [1.807, 2.05) is 6.92 Å². The summed E-state index contributed by atoms with van der Waals surface area (Å²) in [6.45, 7) is 6.51. The van der Waals surface area contributed by atoms with Crippen molar-refractivity contribution >= 4 is 5.97 Å². The van der Waals surface area contributed by atoms with Crippen LogP contribution in [0.4, 0.5) is 0 Å². The predicted octanol–water partition coefficient (Wildman–Crippen LogP) is 6.74. The molecule has 0 aromatic heterocycles. The van der Waals surface area contributed by atoms with E-state index in [0.29, 0.717) is 6.42 Å². The second-order valence-electron chi connectivity index (χ2n) is 6.91. The van der Waals surface area contributed by atoms with Gasteiger partial charge in [-0.2, -0.15) is 0 Å². The van der Waals surface area contributed by atoms with E-state index in [4.69, 9.17) is 5.11 Å². The Morgan fingerprint density at radius 1 is 1.00 bits per heavy atom. The van der Waals surface area contributed by atoms with Crippen LogP contribution in [0, 0.1) is 5.92 Å². The molecule has 1 unspecified atom stereocenters. The van der Waals surface area contributed by atoms with E-state index >= 15 is 0 Å². The van der Waals surface area contributed by atoms with Crippen LogP contribution < -0.4 is 0 Å². The lowest BCUT2D eigenvalue weighted by Gasteiger charge is -2.07. The van der Waals surface area contributed by atoms with E-state index in [1.54, 1.807) is 0 Å². The van der Waals surface area contributed by atoms with Gasteiger partial charge in [-0.3, -0.25) is 4.79 Å². The molecule has 0 aromatic rings. The van der Waals surface area contributed by atoms with Crippen LogP contribution in [0.1, 0.15) is 104 Å². The number of hydrogen-bond acceptors (Lipinski definition) is 1. The molecule has 2 nitrogen and oxygen atoms in total. The first kappa shape index (κ1) is 21.2. The minimum absolute atomic E-state index is 0.286. The molecule has 22 heavy (non-hydrogen) atoms. The van der Waals surface area contributed by atoms with Gasteiger partial charge in [0.05, 0.1) is 0 Å². The highest BCUT2D eigenvalue weighted by atomic mass is 16.4. The highest BCUT2D eigenvalue weighted by Gasteiger charge is 2.06. The summed E-state index contributed by atoms with van der Waals surface area (Å²) in [5, 5.41) is 8.72. The minimum atomic E-state index is -0.678. The van der Waals surface area contributed by atoms with Crippen LogP contribution in [0.3, 0.4) is 0 Å². The predicted molar refractivity (Wildman–Crippen MR) is 96.3 cm³/mol. The Bertz CT molecular complexity index is 294. The lowest BCUT2D eigenvalue weighted by atomic mass is 9.99. The molecular formula is C20H38O2. The number of carboxylic acid groups (broad SMARTS) is 1. The van der Waals surface area contributed by atoms with Crippen LogP contribution in [-0.2, 0) is 4.79 Å². The maximum absolute atomic E-state index is 10.6. The molecule has 0 aliphatic heterocycles. The van der Waals surface area contributed by atoms with Crippen molar-refractivity contribution in [2.75, 3.05) is 0 Å². The molecule has 0 aliphatic rings. The van der Waals surface area contributed by atoms with Crippen molar-refractivity contribution in [3.05, 3.63) is 11.6 Å².